The van der Waals surface area contributed by atoms with Crippen LogP contribution in [0.5, 0.6) is 0 Å². The summed E-state index contributed by atoms with van der Waals surface area (Å²) in [6.07, 6.45) is -4.66. The zero-order valence-electron chi connectivity index (χ0n) is 13.2. The van der Waals surface area contributed by atoms with Gasteiger partial charge in [0.1, 0.15) is 0 Å². The van der Waals surface area contributed by atoms with Gasteiger partial charge in [-0.3, -0.25) is 4.57 Å². The van der Waals surface area contributed by atoms with E-state index in [0.29, 0.717) is 18.8 Å². The van der Waals surface area contributed by atoms with Gasteiger partial charge in [-0.15, -0.1) is 5.10 Å². The minimum Gasteiger partial charge on any atom is -0.370 e. The first-order chi connectivity index (χ1) is 11.1. The zero-order valence-corrected chi connectivity index (χ0v) is 15.5. The summed E-state index contributed by atoms with van der Waals surface area (Å²) in [6, 6.07) is 2.82. The summed E-state index contributed by atoms with van der Waals surface area (Å²) in [5.41, 5.74) is 0.697. The van der Waals surface area contributed by atoms with Crippen LogP contribution in [0.4, 0.5) is 18.9 Å². The van der Waals surface area contributed by atoms with Crippen LogP contribution < -0.4 is 4.90 Å². The Morgan fingerprint density at radius 1 is 1.17 bits per heavy atom. The number of benzene rings is 1. The fourth-order valence-corrected chi connectivity index (χ4v) is 3.35. The van der Waals surface area contributed by atoms with Gasteiger partial charge in [0.15, 0.2) is 0 Å². The molecule has 24 heavy (non-hydrogen) atoms. The summed E-state index contributed by atoms with van der Waals surface area (Å²) in [7, 11) is 1.35. The molecule has 0 amide bonds. The lowest BCUT2D eigenvalue weighted by Crippen LogP contribution is -2.22. The lowest BCUT2D eigenvalue weighted by atomic mass is 10.2. The highest BCUT2D eigenvalue weighted by atomic mass is 35.5. The molecule has 0 N–H and O–H groups in total. The highest BCUT2D eigenvalue weighted by Gasteiger charge is 2.38. The van der Waals surface area contributed by atoms with Gasteiger partial charge in [-0.05, 0) is 38.2 Å². The van der Waals surface area contributed by atoms with Crippen molar-refractivity contribution in [2.45, 2.75) is 20.0 Å². The standard InChI is InChI=1S/C14H15Cl2F3N4S/c1-4-22(5-2)11-9(15)6-8(7-10(11)16)23-12(14(17,18)19)20-21(3)13(23)24/h6-7H,4-5H2,1-3H3. The molecule has 0 aliphatic rings. The first kappa shape index (κ1) is 19.1. The maximum Gasteiger partial charge on any atom is 0.452 e. The third kappa shape index (κ3) is 3.41. The van der Waals surface area contributed by atoms with Gasteiger partial charge in [0.2, 0.25) is 10.6 Å². The maximum atomic E-state index is 13.2. The summed E-state index contributed by atoms with van der Waals surface area (Å²) in [5.74, 6) is -1.13. The van der Waals surface area contributed by atoms with Crippen LogP contribution in [0.15, 0.2) is 12.1 Å². The maximum absolute atomic E-state index is 13.2. The summed E-state index contributed by atoms with van der Waals surface area (Å²) < 4.78 is 41.4. The molecule has 0 fully saturated rings. The summed E-state index contributed by atoms with van der Waals surface area (Å²) in [5, 5.41) is 3.96. The third-order valence-corrected chi connectivity index (χ3v) is 4.54. The van der Waals surface area contributed by atoms with E-state index in [0.717, 1.165) is 9.25 Å². The number of halogens is 5. The molecular formula is C14H15Cl2F3N4S. The molecule has 132 valence electrons. The summed E-state index contributed by atoms with van der Waals surface area (Å²) >= 11 is 17.6. The molecular weight excluding hydrogens is 384 g/mol. The number of aryl methyl sites for hydroxylation is 1. The minimum atomic E-state index is -4.66. The molecule has 10 heteroatoms. The van der Waals surface area contributed by atoms with Crippen molar-refractivity contribution < 1.29 is 13.2 Å². The molecule has 0 aliphatic heterocycles. The Labute approximate surface area is 152 Å². The predicted molar refractivity (Wildman–Crippen MR) is 92.0 cm³/mol. The fraction of sp³-hybridized carbons (Fsp3) is 0.429. The molecule has 0 radical (unpaired) electrons. The number of aromatic nitrogens is 3. The Kier molecular flexibility index (Phi) is 5.51. The summed E-state index contributed by atoms with van der Waals surface area (Å²) in [4.78, 5) is 1.92. The smallest absolute Gasteiger partial charge is 0.370 e. The van der Waals surface area contributed by atoms with Crippen LogP contribution in [0.2, 0.25) is 10.0 Å². The number of anilines is 1. The first-order valence-electron chi connectivity index (χ1n) is 7.09. The average molecular weight is 399 g/mol. The van der Waals surface area contributed by atoms with E-state index in [4.69, 9.17) is 35.4 Å². The first-order valence-corrected chi connectivity index (χ1v) is 8.25. The number of nitrogens with zero attached hydrogens (tertiary/aromatic N) is 4. The largest absolute Gasteiger partial charge is 0.452 e. The van der Waals surface area contributed by atoms with Crippen molar-refractivity contribution in [1.82, 2.24) is 14.3 Å². The quantitative estimate of drug-likeness (QED) is 0.669. The van der Waals surface area contributed by atoms with E-state index in [-0.39, 0.29) is 20.5 Å². The molecule has 2 rings (SSSR count). The molecule has 0 unspecified atom stereocenters. The number of hydrogen-bond donors (Lipinski definition) is 0. The lowest BCUT2D eigenvalue weighted by Gasteiger charge is -2.24. The zero-order chi connectivity index (χ0) is 18.2. The SMILES string of the molecule is CCN(CC)c1c(Cl)cc(-n2c(C(F)(F)F)nn(C)c2=S)cc1Cl. The van der Waals surface area contributed by atoms with E-state index >= 15 is 0 Å². The normalized spacial score (nSPS) is 11.8. The molecule has 1 aromatic heterocycles. The molecule has 1 heterocycles. The van der Waals surface area contributed by atoms with Crippen molar-refractivity contribution in [2.75, 3.05) is 18.0 Å². The van der Waals surface area contributed by atoms with Crippen LogP contribution in [0, 0.1) is 4.77 Å². The van der Waals surface area contributed by atoms with Gasteiger partial charge in [0.25, 0.3) is 0 Å². The van der Waals surface area contributed by atoms with Crippen LogP contribution in [-0.2, 0) is 13.2 Å². The Morgan fingerprint density at radius 3 is 2.08 bits per heavy atom. The molecule has 0 spiro atoms. The highest BCUT2D eigenvalue weighted by molar-refractivity contribution is 7.71. The topological polar surface area (TPSA) is 26.0 Å². The summed E-state index contributed by atoms with van der Waals surface area (Å²) in [6.45, 7) is 5.19. The second-order valence-corrected chi connectivity index (χ2v) is 6.17. The number of alkyl halides is 3. The van der Waals surface area contributed by atoms with Crippen molar-refractivity contribution in [3.8, 4) is 5.69 Å². The third-order valence-electron chi connectivity index (χ3n) is 3.52. The van der Waals surface area contributed by atoms with Crippen molar-refractivity contribution in [3.05, 3.63) is 32.8 Å². The van der Waals surface area contributed by atoms with E-state index in [2.05, 4.69) is 5.10 Å². The van der Waals surface area contributed by atoms with E-state index in [1.165, 1.54) is 19.2 Å². The molecule has 0 atom stereocenters. The Morgan fingerprint density at radius 2 is 1.67 bits per heavy atom. The van der Waals surface area contributed by atoms with Crippen molar-refractivity contribution >= 4 is 41.1 Å². The van der Waals surface area contributed by atoms with Crippen molar-refractivity contribution in [2.24, 2.45) is 7.05 Å². The highest BCUT2D eigenvalue weighted by Crippen LogP contribution is 2.38. The van der Waals surface area contributed by atoms with Crippen LogP contribution >= 0.6 is 35.4 Å². The molecule has 4 nitrogen and oxygen atoms in total. The van der Waals surface area contributed by atoms with Gasteiger partial charge in [-0.1, -0.05) is 23.2 Å². The van der Waals surface area contributed by atoms with Crippen LogP contribution in [0.1, 0.15) is 19.7 Å². The fourth-order valence-electron chi connectivity index (χ4n) is 2.40. The van der Waals surface area contributed by atoms with Crippen molar-refractivity contribution in [1.29, 1.82) is 0 Å². The molecule has 0 saturated heterocycles. The Hall–Kier alpha value is -1.25. The van der Waals surface area contributed by atoms with Gasteiger partial charge in [0.05, 0.1) is 21.4 Å². The van der Waals surface area contributed by atoms with Gasteiger partial charge < -0.3 is 4.90 Å². The lowest BCUT2D eigenvalue weighted by molar-refractivity contribution is -0.146. The minimum absolute atomic E-state index is 0.106. The van der Waals surface area contributed by atoms with E-state index in [1.807, 2.05) is 18.7 Å². The molecule has 2 aromatic rings. The number of hydrogen-bond acceptors (Lipinski definition) is 3. The van der Waals surface area contributed by atoms with Gasteiger partial charge >= 0.3 is 6.18 Å². The van der Waals surface area contributed by atoms with E-state index in [9.17, 15) is 13.2 Å². The Balaban J connectivity index is 2.71. The van der Waals surface area contributed by atoms with Crippen molar-refractivity contribution in [3.63, 3.8) is 0 Å². The monoisotopic (exact) mass is 398 g/mol. The van der Waals surface area contributed by atoms with Crippen LogP contribution in [-0.4, -0.2) is 27.4 Å². The average Bonchev–Trinajstić information content (AvgIpc) is 2.78. The van der Waals surface area contributed by atoms with Gasteiger partial charge in [0, 0.05) is 20.1 Å². The number of rotatable bonds is 4. The molecule has 0 saturated carbocycles. The molecule has 1 aromatic carbocycles. The predicted octanol–water partition coefficient (Wildman–Crippen LogP) is 5.11. The van der Waals surface area contributed by atoms with Crippen LogP contribution in [0.3, 0.4) is 0 Å². The van der Waals surface area contributed by atoms with Gasteiger partial charge in [-0.25, -0.2) is 4.68 Å². The van der Waals surface area contributed by atoms with E-state index in [1.54, 1.807) is 0 Å². The van der Waals surface area contributed by atoms with Crippen LogP contribution in [0.25, 0.3) is 5.69 Å². The second-order valence-electron chi connectivity index (χ2n) is 4.99. The molecule has 0 bridgehead atoms. The molecule has 0 aliphatic carbocycles. The van der Waals surface area contributed by atoms with E-state index < -0.39 is 12.0 Å². The van der Waals surface area contributed by atoms with Gasteiger partial charge in [-0.2, -0.15) is 13.2 Å². The second kappa shape index (κ2) is 6.93. The Bertz CT molecular complexity index is 786.